The van der Waals surface area contributed by atoms with Gasteiger partial charge >= 0.3 is 0 Å². The molecule has 2 nitrogen and oxygen atoms in total. The van der Waals surface area contributed by atoms with Crippen LogP contribution in [0.4, 0.5) is 0 Å². The van der Waals surface area contributed by atoms with Crippen LogP contribution in [-0.2, 0) is 10.1 Å². The first kappa shape index (κ1) is 6.92. The second-order valence-electron chi connectivity index (χ2n) is 1.56. The van der Waals surface area contributed by atoms with Crippen LogP contribution in [0.15, 0.2) is 0 Å². The van der Waals surface area contributed by atoms with E-state index >= 15 is 0 Å². The van der Waals surface area contributed by atoms with Gasteiger partial charge in [0.15, 0.2) is 0 Å². The van der Waals surface area contributed by atoms with E-state index in [0.29, 0.717) is 0 Å². The van der Waals surface area contributed by atoms with Gasteiger partial charge < -0.3 is 0 Å². The molecule has 0 aromatic rings. The second kappa shape index (κ2) is 4.09. The van der Waals surface area contributed by atoms with E-state index in [-0.39, 0.29) is 12.5 Å². The summed E-state index contributed by atoms with van der Waals surface area (Å²) in [6.45, 7) is 5.82. The Morgan fingerprint density at radius 3 is 2.57 bits per heavy atom. The van der Waals surface area contributed by atoms with E-state index in [9.17, 15) is 5.26 Å². The van der Waals surface area contributed by atoms with Gasteiger partial charge in [0.05, 0.1) is 6.61 Å². The lowest BCUT2D eigenvalue weighted by Gasteiger charge is -1.99. The average molecular weight is 102 g/mol. The van der Waals surface area contributed by atoms with Gasteiger partial charge in [-0.05, 0) is 18.1 Å². The summed E-state index contributed by atoms with van der Waals surface area (Å²) in [5.74, 6) is 0.164. The van der Waals surface area contributed by atoms with Crippen LogP contribution in [0.2, 0.25) is 0 Å². The first-order chi connectivity index (χ1) is 3.31. The van der Waals surface area contributed by atoms with Gasteiger partial charge in [0.1, 0.15) is 0 Å². The highest BCUT2D eigenvalue weighted by molar-refractivity contribution is 4.54. The van der Waals surface area contributed by atoms with Crippen molar-refractivity contribution >= 4 is 0 Å². The van der Waals surface area contributed by atoms with Crippen molar-refractivity contribution in [3.05, 3.63) is 6.92 Å². The highest BCUT2D eigenvalue weighted by Gasteiger charge is 1.95. The Hall–Kier alpha value is -0.0800. The zero-order valence-electron chi connectivity index (χ0n) is 4.52. The van der Waals surface area contributed by atoms with E-state index in [1.54, 1.807) is 0 Å². The minimum Gasteiger partial charge on any atom is -0.204 e. The van der Waals surface area contributed by atoms with Gasteiger partial charge in [-0.25, -0.2) is 4.89 Å². The monoisotopic (exact) mass is 102 g/mol. The van der Waals surface area contributed by atoms with Crippen molar-refractivity contribution in [1.82, 2.24) is 0 Å². The predicted molar refractivity (Wildman–Crippen MR) is 25.8 cm³/mol. The molecule has 42 valence electrons. The maximum absolute atomic E-state index is 9.36. The molecule has 1 unspecified atom stereocenters. The van der Waals surface area contributed by atoms with Crippen molar-refractivity contribution in [1.29, 1.82) is 0 Å². The van der Waals surface area contributed by atoms with E-state index in [4.69, 9.17) is 0 Å². The fourth-order valence-corrected chi connectivity index (χ4v) is 0.214. The number of hydrogen-bond donors (Lipinski definition) is 0. The Bertz CT molecular complexity index is 37.1. The molecule has 0 aliphatic rings. The first-order valence-corrected chi connectivity index (χ1v) is 2.39. The first-order valence-electron chi connectivity index (χ1n) is 2.39. The zero-order chi connectivity index (χ0) is 5.70. The van der Waals surface area contributed by atoms with Crippen molar-refractivity contribution in [2.45, 2.75) is 13.3 Å². The molecular formula is C5H10O2. The molecule has 0 aromatic carbocycles. The molecule has 2 radical (unpaired) electrons. The van der Waals surface area contributed by atoms with Gasteiger partial charge in [-0.1, -0.05) is 13.3 Å². The maximum Gasteiger partial charge on any atom is 0.0883 e. The van der Waals surface area contributed by atoms with Gasteiger partial charge in [-0.3, -0.25) is 0 Å². The Morgan fingerprint density at radius 2 is 2.43 bits per heavy atom. The highest BCUT2D eigenvalue weighted by Crippen LogP contribution is 1.97. The minimum absolute atomic E-state index is 0.164. The smallest absolute Gasteiger partial charge is 0.0883 e. The van der Waals surface area contributed by atoms with Crippen LogP contribution in [0.25, 0.3) is 0 Å². The third-order valence-electron chi connectivity index (χ3n) is 0.881. The molecule has 0 saturated carbocycles. The third-order valence-corrected chi connectivity index (χ3v) is 0.881. The van der Waals surface area contributed by atoms with Crippen LogP contribution in [0.1, 0.15) is 13.3 Å². The molecule has 0 aromatic heterocycles. The summed E-state index contributed by atoms with van der Waals surface area (Å²) in [6, 6.07) is 0. The van der Waals surface area contributed by atoms with E-state index in [2.05, 4.69) is 11.8 Å². The topological polar surface area (TPSA) is 29.1 Å². The van der Waals surface area contributed by atoms with Crippen molar-refractivity contribution in [2.24, 2.45) is 5.92 Å². The summed E-state index contributed by atoms with van der Waals surface area (Å²) < 4.78 is 0. The molecule has 1 atom stereocenters. The summed E-state index contributed by atoms with van der Waals surface area (Å²) >= 11 is 0. The summed E-state index contributed by atoms with van der Waals surface area (Å²) in [5.41, 5.74) is 0. The fourth-order valence-electron chi connectivity index (χ4n) is 0.214. The Morgan fingerprint density at radius 1 is 1.86 bits per heavy atom. The average Bonchev–Trinajstić information content (AvgIpc) is 1.68. The van der Waals surface area contributed by atoms with Crippen molar-refractivity contribution in [2.75, 3.05) is 6.61 Å². The molecule has 0 aliphatic carbocycles. The van der Waals surface area contributed by atoms with Crippen LogP contribution in [0.5, 0.6) is 0 Å². The second-order valence-corrected chi connectivity index (χ2v) is 1.56. The van der Waals surface area contributed by atoms with Crippen LogP contribution < -0.4 is 0 Å². The Kier molecular flexibility index (Phi) is 4.04. The van der Waals surface area contributed by atoms with E-state index in [1.165, 1.54) is 0 Å². The Labute approximate surface area is 44.0 Å². The molecule has 0 spiro atoms. The molecule has 0 heterocycles. The lowest BCUT2D eigenvalue weighted by Crippen LogP contribution is -2.00. The van der Waals surface area contributed by atoms with E-state index < -0.39 is 0 Å². The molecule has 0 amide bonds. The molecule has 0 saturated heterocycles. The molecule has 0 rings (SSSR count). The number of hydrogen-bond acceptors (Lipinski definition) is 1. The largest absolute Gasteiger partial charge is 0.204 e. The van der Waals surface area contributed by atoms with Crippen molar-refractivity contribution < 1.29 is 10.1 Å². The SMILES string of the molecule is [CH2]C(CC)CO[O]. The van der Waals surface area contributed by atoms with E-state index in [0.717, 1.165) is 6.42 Å². The fraction of sp³-hybridized carbons (Fsp3) is 0.800. The molecule has 0 aliphatic heterocycles. The van der Waals surface area contributed by atoms with Crippen LogP contribution in [0.3, 0.4) is 0 Å². The minimum atomic E-state index is 0.164. The summed E-state index contributed by atoms with van der Waals surface area (Å²) in [5, 5.41) is 9.36. The van der Waals surface area contributed by atoms with Gasteiger partial charge in [-0.2, -0.15) is 0 Å². The Balaban J connectivity index is 2.83. The lowest BCUT2D eigenvalue weighted by atomic mass is 10.1. The van der Waals surface area contributed by atoms with Gasteiger partial charge in [0.25, 0.3) is 0 Å². The van der Waals surface area contributed by atoms with Crippen LogP contribution in [0, 0.1) is 12.8 Å². The standard InChI is InChI=1S/C5H10O2/c1-3-5(2)4-7-6/h5H,2-4H2,1H3. The van der Waals surface area contributed by atoms with Gasteiger partial charge in [0, 0.05) is 0 Å². The van der Waals surface area contributed by atoms with Gasteiger partial charge in [-0.15, -0.1) is 0 Å². The van der Waals surface area contributed by atoms with Crippen LogP contribution >= 0.6 is 0 Å². The quantitative estimate of drug-likeness (QED) is 0.389. The molecule has 0 bridgehead atoms. The normalized spacial score (nSPS) is 14.1. The number of rotatable bonds is 3. The van der Waals surface area contributed by atoms with Crippen molar-refractivity contribution in [3.8, 4) is 0 Å². The molecular weight excluding hydrogens is 92.1 g/mol. The maximum atomic E-state index is 9.36. The third kappa shape index (κ3) is 3.76. The van der Waals surface area contributed by atoms with Gasteiger partial charge in [0.2, 0.25) is 0 Å². The molecule has 2 heteroatoms. The molecule has 7 heavy (non-hydrogen) atoms. The molecule has 0 fully saturated rings. The zero-order valence-corrected chi connectivity index (χ0v) is 4.52. The van der Waals surface area contributed by atoms with Crippen LogP contribution in [-0.4, -0.2) is 6.61 Å². The lowest BCUT2D eigenvalue weighted by molar-refractivity contribution is -0.308. The molecule has 0 N–H and O–H groups in total. The van der Waals surface area contributed by atoms with E-state index in [1.807, 2.05) is 6.92 Å². The highest BCUT2D eigenvalue weighted by atomic mass is 17.1. The summed E-state index contributed by atoms with van der Waals surface area (Å²) in [7, 11) is 0. The summed E-state index contributed by atoms with van der Waals surface area (Å²) in [4.78, 5) is 3.58. The summed E-state index contributed by atoms with van der Waals surface area (Å²) in [6.07, 6.45) is 0.905. The predicted octanol–water partition coefficient (Wildman–Crippen LogP) is 1.21. The van der Waals surface area contributed by atoms with Crippen molar-refractivity contribution in [3.63, 3.8) is 0 Å².